The summed E-state index contributed by atoms with van der Waals surface area (Å²) in [6, 6.07) is 9.72. The van der Waals surface area contributed by atoms with Crippen molar-refractivity contribution in [2.45, 2.75) is 26.3 Å². The monoisotopic (exact) mass is 466 g/mol. The molecule has 4 heterocycles. The lowest BCUT2D eigenvalue weighted by Gasteiger charge is -2.39. The maximum absolute atomic E-state index is 12.7. The van der Waals surface area contributed by atoms with Gasteiger partial charge in [0.25, 0.3) is 0 Å². The molecule has 1 aromatic carbocycles. The number of thiophene rings is 1. The standard InChI is InChI=1S/C23H26N6O3S/c1-17(30)28-15-21(18-8-14-33-22(18)16-28)26-9-11-27(12-10-26)23(31)7-4-13-32-29-20-6-3-2-5-19(20)24-25-29/h2-3,5-6,8,14-15H,4,7,9-13,16H2,1H3. The van der Waals surface area contributed by atoms with Crippen LogP contribution in [-0.2, 0) is 16.1 Å². The molecule has 5 rings (SSSR count). The number of para-hydroxylation sites is 1. The van der Waals surface area contributed by atoms with E-state index in [0.717, 1.165) is 29.8 Å². The zero-order valence-electron chi connectivity index (χ0n) is 18.5. The third kappa shape index (κ3) is 4.43. The molecular formula is C23H26N6O3S. The molecule has 0 radical (unpaired) electrons. The van der Waals surface area contributed by atoms with Crippen LogP contribution >= 0.6 is 11.3 Å². The molecule has 2 aliphatic heterocycles. The van der Waals surface area contributed by atoms with Crippen LogP contribution in [0.25, 0.3) is 16.7 Å². The first-order valence-electron chi connectivity index (χ1n) is 11.1. The maximum atomic E-state index is 12.7. The van der Waals surface area contributed by atoms with Crippen LogP contribution in [0.2, 0.25) is 0 Å². The van der Waals surface area contributed by atoms with Crippen LogP contribution in [0.3, 0.4) is 0 Å². The number of carbonyl (C=O) groups excluding carboxylic acids is 2. The number of amides is 2. The Morgan fingerprint density at radius 3 is 2.76 bits per heavy atom. The van der Waals surface area contributed by atoms with Crippen LogP contribution in [0.4, 0.5) is 0 Å². The Labute approximate surface area is 195 Å². The molecule has 0 bridgehead atoms. The van der Waals surface area contributed by atoms with Crippen LogP contribution in [0.15, 0.2) is 41.9 Å². The molecule has 0 N–H and O–H groups in total. The molecular weight excluding hydrogens is 440 g/mol. The Bertz CT molecular complexity index is 1190. The second-order valence-corrected chi connectivity index (χ2v) is 9.18. The summed E-state index contributed by atoms with van der Waals surface area (Å²) in [5.74, 6) is 0.183. The topological polar surface area (TPSA) is 83.8 Å². The fourth-order valence-corrected chi connectivity index (χ4v) is 5.12. The van der Waals surface area contributed by atoms with Gasteiger partial charge in [0.2, 0.25) is 11.8 Å². The molecule has 1 saturated heterocycles. The van der Waals surface area contributed by atoms with E-state index in [1.165, 1.54) is 15.3 Å². The minimum Gasteiger partial charge on any atom is -0.395 e. The number of hydrogen-bond acceptors (Lipinski definition) is 7. The van der Waals surface area contributed by atoms with Crippen molar-refractivity contribution in [1.29, 1.82) is 0 Å². The average molecular weight is 467 g/mol. The summed E-state index contributed by atoms with van der Waals surface area (Å²) < 4.78 is 0. The van der Waals surface area contributed by atoms with Gasteiger partial charge in [-0.1, -0.05) is 17.0 Å². The number of rotatable bonds is 6. The van der Waals surface area contributed by atoms with Crippen molar-refractivity contribution < 1.29 is 14.4 Å². The minimum atomic E-state index is 0.0430. The lowest BCUT2D eigenvalue weighted by Crippen LogP contribution is -2.48. The molecule has 1 fully saturated rings. The van der Waals surface area contributed by atoms with E-state index in [-0.39, 0.29) is 11.8 Å². The molecule has 2 aliphatic rings. The maximum Gasteiger partial charge on any atom is 0.223 e. The van der Waals surface area contributed by atoms with Crippen LogP contribution in [0.5, 0.6) is 0 Å². The lowest BCUT2D eigenvalue weighted by molar-refractivity contribution is -0.132. The summed E-state index contributed by atoms with van der Waals surface area (Å²) in [5, 5.41) is 10.1. The Balaban J connectivity index is 1.11. The summed E-state index contributed by atoms with van der Waals surface area (Å²) in [6.07, 6.45) is 3.01. The van der Waals surface area contributed by atoms with E-state index in [9.17, 15) is 9.59 Å². The number of piperazine rings is 1. The van der Waals surface area contributed by atoms with E-state index in [4.69, 9.17) is 4.84 Å². The van der Waals surface area contributed by atoms with Crippen molar-refractivity contribution >= 4 is 39.9 Å². The van der Waals surface area contributed by atoms with Gasteiger partial charge >= 0.3 is 0 Å². The van der Waals surface area contributed by atoms with Crippen molar-refractivity contribution in [1.82, 2.24) is 29.9 Å². The zero-order chi connectivity index (χ0) is 22.8. The second kappa shape index (κ2) is 9.22. The van der Waals surface area contributed by atoms with Crippen LogP contribution in [0.1, 0.15) is 30.2 Å². The van der Waals surface area contributed by atoms with Gasteiger partial charge in [0.15, 0.2) is 0 Å². The molecule has 2 aromatic heterocycles. The third-order valence-electron chi connectivity index (χ3n) is 6.06. The van der Waals surface area contributed by atoms with Crippen LogP contribution < -0.4 is 4.84 Å². The fourth-order valence-electron chi connectivity index (χ4n) is 4.24. The van der Waals surface area contributed by atoms with E-state index in [0.29, 0.717) is 39.1 Å². The van der Waals surface area contributed by atoms with E-state index < -0.39 is 0 Å². The Kier molecular flexibility index (Phi) is 5.99. The molecule has 33 heavy (non-hydrogen) atoms. The van der Waals surface area contributed by atoms with Crippen LogP contribution in [-0.4, -0.2) is 74.5 Å². The molecule has 0 atom stereocenters. The number of carbonyl (C=O) groups is 2. The summed E-state index contributed by atoms with van der Waals surface area (Å²) in [5.41, 5.74) is 3.87. The first-order valence-corrected chi connectivity index (χ1v) is 12.0. The summed E-state index contributed by atoms with van der Waals surface area (Å²) in [6.45, 7) is 5.47. The van der Waals surface area contributed by atoms with Gasteiger partial charge in [-0.15, -0.1) is 16.4 Å². The quantitative estimate of drug-likeness (QED) is 0.518. The average Bonchev–Trinajstić information content (AvgIpc) is 3.48. The van der Waals surface area contributed by atoms with Crippen molar-refractivity contribution in [3.63, 3.8) is 0 Å². The van der Waals surface area contributed by atoms with Crippen molar-refractivity contribution in [3.8, 4) is 0 Å². The molecule has 0 aliphatic carbocycles. The first kappa shape index (κ1) is 21.4. The number of benzene rings is 1. The molecule has 172 valence electrons. The predicted octanol–water partition coefficient (Wildman–Crippen LogP) is 2.21. The molecule has 10 heteroatoms. The van der Waals surface area contributed by atoms with Gasteiger partial charge in [0.1, 0.15) is 17.6 Å². The van der Waals surface area contributed by atoms with Gasteiger partial charge in [-0.05, 0) is 35.2 Å². The Morgan fingerprint density at radius 2 is 1.94 bits per heavy atom. The third-order valence-corrected chi connectivity index (χ3v) is 6.97. The highest BCUT2D eigenvalue weighted by Crippen LogP contribution is 2.33. The predicted molar refractivity (Wildman–Crippen MR) is 125 cm³/mol. The Hall–Kier alpha value is -3.40. The van der Waals surface area contributed by atoms with E-state index in [1.807, 2.05) is 35.4 Å². The molecule has 0 saturated carbocycles. The summed E-state index contributed by atoms with van der Waals surface area (Å²) >= 11 is 1.68. The highest BCUT2D eigenvalue weighted by molar-refractivity contribution is 7.10. The van der Waals surface area contributed by atoms with Gasteiger partial charge in [-0.2, -0.15) is 0 Å². The van der Waals surface area contributed by atoms with Crippen LogP contribution in [0, 0.1) is 0 Å². The smallest absolute Gasteiger partial charge is 0.223 e. The molecule has 0 spiro atoms. The molecule has 2 amide bonds. The largest absolute Gasteiger partial charge is 0.395 e. The molecule has 3 aromatic rings. The molecule has 9 nitrogen and oxygen atoms in total. The summed E-state index contributed by atoms with van der Waals surface area (Å²) in [4.78, 5) is 38.9. The first-order chi connectivity index (χ1) is 16.1. The second-order valence-electron chi connectivity index (χ2n) is 8.17. The van der Waals surface area contributed by atoms with Gasteiger partial charge in [-0.25, -0.2) is 0 Å². The van der Waals surface area contributed by atoms with E-state index >= 15 is 0 Å². The number of fused-ring (bicyclic) bond motifs is 2. The van der Waals surface area contributed by atoms with Gasteiger partial charge < -0.3 is 19.5 Å². The Morgan fingerprint density at radius 1 is 1.12 bits per heavy atom. The number of nitrogens with zero attached hydrogens (tertiary/aromatic N) is 6. The highest BCUT2D eigenvalue weighted by atomic mass is 32.1. The van der Waals surface area contributed by atoms with Gasteiger partial charge in [-0.3, -0.25) is 9.59 Å². The normalized spacial score (nSPS) is 16.0. The number of hydrogen-bond donors (Lipinski definition) is 0. The number of aromatic nitrogens is 3. The SMILES string of the molecule is CC(=O)N1C=C(N2CCN(C(=O)CCCOn3nnc4ccccc43)CC2)c2ccsc2C1. The van der Waals surface area contributed by atoms with Crippen molar-refractivity contribution in [3.05, 3.63) is 52.4 Å². The molecule has 0 unspecified atom stereocenters. The highest BCUT2D eigenvalue weighted by Gasteiger charge is 2.28. The zero-order valence-corrected chi connectivity index (χ0v) is 19.3. The van der Waals surface area contributed by atoms with Crippen molar-refractivity contribution in [2.75, 3.05) is 32.8 Å². The van der Waals surface area contributed by atoms with Crippen molar-refractivity contribution in [2.24, 2.45) is 0 Å². The van der Waals surface area contributed by atoms with E-state index in [2.05, 4.69) is 26.7 Å². The van der Waals surface area contributed by atoms with E-state index in [1.54, 1.807) is 23.2 Å². The van der Waals surface area contributed by atoms with Gasteiger partial charge in [0.05, 0.1) is 12.2 Å². The van der Waals surface area contributed by atoms with Gasteiger partial charge in [0, 0.05) is 56.2 Å². The fraction of sp³-hybridized carbons (Fsp3) is 0.391. The minimum absolute atomic E-state index is 0.0430. The summed E-state index contributed by atoms with van der Waals surface area (Å²) in [7, 11) is 0. The lowest BCUT2D eigenvalue weighted by atomic mass is 10.1.